The van der Waals surface area contributed by atoms with Gasteiger partial charge in [-0.3, -0.25) is 14.4 Å². The molecule has 2 rings (SSSR count). The van der Waals surface area contributed by atoms with Gasteiger partial charge in [-0.25, -0.2) is 13.2 Å². The Balaban J connectivity index is 2.00. The van der Waals surface area contributed by atoms with Crippen LogP contribution < -0.4 is 15.4 Å². The first-order chi connectivity index (χ1) is 16.2. The molecular formula is C22H31ClN4O7S. The lowest BCUT2D eigenvalue weighted by Gasteiger charge is -2.29. The van der Waals surface area contributed by atoms with Gasteiger partial charge in [0, 0.05) is 11.6 Å². The summed E-state index contributed by atoms with van der Waals surface area (Å²) in [5.74, 6) is -3.34. The Hall–Kier alpha value is -2.70. The fraction of sp³-hybridized carbons (Fsp3) is 0.545. The zero-order valence-electron chi connectivity index (χ0n) is 19.9. The van der Waals surface area contributed by atoms with Crippen LogP contribution in [0.2, 0.25) is 5.02 Å². The van der Waals surface area contributed by atoms with Crippen LogP contribution >= 0.6 is 11.6 Å². The first-order valence-electron chi connectivity index (χ1n) is 11.2. The van der Waals surface area contributed by atoms with Crippen LogP contribution in [0, 0.1) is 5.92 Å². The summed E-state index contributed by atoms with van der Waals surface area (Å²) in [5, 5.41) is 14.6. The number of benzene rings is 1. The maximum Gasteiger partial charge on any atom is 0.326 e. The third-order valence-electron chi connectivity index (χ3n) is 5.65. The summed E-state index contributed by atoms with van der Waals surface area (Å²) in [7, 11) is -4.00. The van der Waals surface area contributed by atoms with Crippen LogP contribution in [0.5, 0.6) is 0 Å². The Bertz CT molecular complexity index is 1060. The standard InChI is InChI=1S/C22H31ClN4O7S/c1-12(2)18(22(31)32)25-20(29)17-6-5-11-27(17)21(30)14(4)24-19(28)13(3)26-35(33,34)16-9-7-15(23)8-10-16/h7-10,12-14,17-18,26H,5-6,11H2,1-4H3,(H,24,28)(H,25,29)(H,31,32)/t13?,14-,17?,18-/m0/s1. The number of carbonyl (C=O) groups is 4. The molecule has 4 N–H and O–H groups in total. The molecule has 1 heterocycles. The van der Waals surface area contributed by atoms with Crippen molar-refractivity contribution in [2.45, 2.75) is 69.6 Å². The minimum Gasteiger partial charge on any atom is -0.480 e. The van der Waals surface area contributed by atoms with E-state index < -0.39 is 57.9 Å². The van der Waals surface area contributed by atoms with Crippen molar-refractivity contribution in [3.05, 3.63) is 29.3 Å². The van der Waals surface area contributed by atoms with Crippen LogP contribution in [0.4, 0.5) is 0 Å². The third kappa shape index (κ3) is 7.39. The Kier molecular flexibility index (Phi) is 9.64. The summed E-state index contributed by atoms with van der Waals surface area (Å²) in [5.41, 5.74) is 0. The van der Waals surface area contributed by atoms with Crippen molar-refractivity contribution < 1.29 is 32.7 Å². The Morgan fingerprint density at radius 2 is 1.63 bits per heavy atom. The second-order valence-corrected chi connectivity index (χ2v) is 10.9. The van der Waals surface area contributed by atoms with Crippen molar-refractivity contribution >= 4 is 45.3 Å². The topological polar surface area (TPSA) is 162 Å². The number of hydrogen-bond donors (Lipinski definition) is 4. The number of carbonyl (C=O) groups excluding carboxylic acids is 3. The zero-order chi connectivity index (χ0) is 26.5. The smallest absolute Gasteiger partial charge is 0.326 e. The largest absolute Gasteiger partial charge is 0.480 e. The molecule has 35 heavy (non-hydrogen) atoms. The molecule has 1 aromatic carbocycles. The lowest BCUT2D eigenvalue weighted by molar-refractivity contribution is -0.145. The van der Waals surface area contributed by atoms with Gasteiger partial charge in [0.2, 0.25) is 27.7 Å². The molecule has 0 aromatic heterocycles. The molecule has 1 aromatic rings. The molecule has 13 heteroatoms. The molecule has 2 unspecified atom stereocenters. The van der Waals surface area contributed by atoms with Crippen LogP contribution in [0.3, 0.4) is 0 Å². The molecule has 194 valence electrons. The lowest BCUT2D eigenvalue weighted by atomic mass is 10.0. The van der Waals surface area contributed by atoms with E-state index in [1.807, 2.05) is 0 Å². The van der Waals surface area contributed by atoms with E-state index in [-0.39, 0.29) is 17.4 Å². The highest BCUT2D eigenvalue weighted by atomic mass is 35.5. The monoisotopic (exact) mass is 530 g/mol. The minimum absolute atomic E-state index is 0.0716. The average molecular weight is 531 g/mol. The summed E-state index contributed by atoms with van der Waals surface area (Å²) < 4.78 is 27.2. The number of carboxylic acid groups (broad SMARTS) is 1. The van der Waals surface area contributed by atoms with E-state index >= 15 is 0 Å². The Labute approximate surface area is 209 Å². The highest BCUT2D eigenvalue weighted by Gasteiger charge is 2.38. The SMILES string of the molecule is CC(NS(=O)(=O)c1ccc(Cl)cc1)C(=O)N[C@@H](C)C(=O)N1CCCC1C(=O)N[C@H](C(=O)O)C(C)C. The lowest BCUT2D eigenvalue weighted by Crippen LogP contribution is -2.56. The van der Waals surface area contributed by atoms with Crippen molar-refractivity contribution in [1.82, 2.24) is 20.3 Å². The van der Waals surface area contributed by atoms with Gasteiger partial charge in [-0.15, -0.1) is 0 Å². The van der Waals surface area contributed by atoms with Crippen LogP contribution in [0.1, 0.15) is 40.5 Å². The molecule has 1 aliphatic heterocycles. The number of halogens is 1. The minimum atomic E-state index is -4.00. The summed E-state index contributed by atoms with van der Waals surface area (Å²) >= 11 is 5.77. The highest BCUT2D eigenvalue weighted by Crippen LogP contribution is 2.19. The van der Waals surface area contributed by atoms with E-state index in [9.17, 15) is 32.7 Å². The first-order valence-corrected chi connectivity index (χ1v) is 13.0. The van der Waals surface area contributed by atoms with Crippen LogP contribution in [0.25, 0.3) is 0 Å². The van der Waals surface area contributed by atoms with Gasteiger partial charge in [-0.2, -0.15) is 4.72 Å². The Morgan fingerprint density at radius 3 is 2.17 bits per heavy atom. The van der Waals surface area contributed by atoms with Gasteiger partial charge < -0.3 is 20.6 Å². The van der Waals surface area contributed by atoms with Crippen LogP contribution in [-0.4, -0.2) is 72.8 Å². The fourth-order valence-electron chi connectivity index (χ4n) is 3.68. The van der Waals surface area contributed by atoms with Gasteiger partial charge >= 0.3 is 5.97 Å². The molecule has 1 saturated heterocycles. The first kappa shape index (κ1) is 28.5. The van der Waals surface area contributed by atoms with Gasteiger partial charge in [0.25, 0.3) is 0 Å². The van der Waals surface area contributed by atoms with Crippen molar-refractivity contribution in [2.75, 3.05) is 6.54 Å². The van der Waals surface area contributed by atoms with Crippen molar-refractivity contribution in [3.8, 4) is 0 Å². The summed E-state index contributed by atoms with van der Waals surface area (Å²) in [6, 6.07) is 1.23. The van der Waals surface area contributed by atoms with E-state index in [1.165, 1.54) is 43.0 Å². The molecular weight excluding hydrogens is 500 g/mol. The molecule has 0 saturated carbocycles. The van der Waals surface area contributed by atoms with Gasteiger partial charge in [-0.05, 0) is 56.9 Å². The molecule has 0 spiro atoms. The highest BCUT2D eigenvalue weighted by molar-refractivity contribution is 7.89. The van der Waals surface area contributed by atoms with Crippen LogP contribution in [0.15, 0.2) is 29.2 Å². The number of nitrogens with zero attached hydrogens (tertiary/aromatic N) is 1. The molecule has 3 amide bonds. The number of rotatable bonds is 10. The maximum atomic E-state index is 13.0. The van der Waals surface area contributed by atoms with E-state index in [1.54, 1.807) is 13.8 Å². The number of likely N-dealkylation sites (tertiary alicyclic amines) is 1. The summed E-state index contributed by atoms with van der Waals surface area (Å²) in [6.45, 7) is 6.37. The molecule has 4 atom stereocenters. The van der Waals surface area contributed by atoms with E-state index in [2.05, 4.69) is 15.4 Å². The molecule has 0 bridgehead atoms. The fourth-order valence-corrected chi connectivity index (χ4v) is 5.01. The number of aliphatic carboxylic acids is 1. The number of sulfonamides is 1. The normalized spacial score (nSPS) is 18.6. The second-order valence-electron chi connectivity index (χ2n) is 8.79. The average Bonchev–Trinajstić information content (AvgIpc) is 3.26. The predicted octanol–water partition coefficient (Wildman–Crippen LogP) is 0.728. The number of hydrogen-bond acceptors (Lipinski definition) is 6. The molecule has 0 aliphatic carbocycles. The quantitative estimate of drug-likeness (QED) is 0.346. The van der Waals surface area contributed by atoms with E-state index in [0.29, 0.717) is 17.9 Å². The van der Waals surface area contributed by atoms with E-state index in [0.717, 1.165) is 0 Å². The maximum absolute atomic E-state index is 13.0. The summed E-state index contributed by atoms with van der Waals surface area (Å²) in [6.07, 6.45) is 0.904. The predicted molar refractivity (Wildman–Crippen MR) is 128 cm³/mol. The van der Waals surface area contributed by atoms with Gasteiger partial charge in [0.15, 0.2) is 0 Å². The second kappa shape index (κ2) is 11.8. The van der Waals surface area contributed by atoms with Gasteiger partial charge in [-0.1, -0.05) is 25.4 Å². The third-order valence-corrected chi connectivity index (χ3v) is 7.46. The van der Waals surface area contributed by atoms with Gasteiger partial charge in [0.1, 0.15) is 18.1 Å². The Morgan fingerprint density at radius 1 is 1.03 bits per heavy atom. The van der Waals surface area contributed by atoms with Gasteiger partial charge in [0.05, 0.1) is 10.9 Å². The molecule has 1 aliphatic rings. The number of carboxylic acids is 1. The molecule has 1 fully saturated rings. The summed E-state index contributed by atoms with van der Waals surface area (Å²) in [4.78, 5) is 50.9. The van der Waals surface area contributed by atoms with Crippen molar-refractivity contribution in [1.29, 1.82) is 0 Å². The molecule has 0 radical (unpaired) electrons. The zero-order valence-corrected chi connectivity index (χ0v) is 21.5. The van der Waals surface area contributed by atoms with Crippen molar-refractivity contribution in [2.24, 2.45) is 5.92 Å². The number of amides is 3. The number of nitrogens with one attached hydrogen (secondary N) is 3. The van der Waals surface area contributed by atoms with Crippen LogP contribution in [-0.2, 0) is 29.2 Å². The van der Waals surface area contributed by atoms with Crippen molar-refractivity contribution in [3.63, 3.8) is 0 Å². The molecule has 11 nitrogen and oxygen atoms in total. The van der Waals surface area contributed by atoms with E-state index in [4.69, 9.17) is 11.6 Å².